The lowest BCUT2D eigenvalue weighted by atomic mass is 9.85. The third-order valence-corrected chi connectivity index (χ3v) is 5.64. The number of tetrazole rings is 1. The minimum absolute atomic E-state index is 0.321. The Hall–Kier alpha value is -3.29. The van der Waals surface area contributed by atoms with Gasteiger partial charge < -0.3 is 4.74 Å². The number of amides is 1. The van der Waals surface area contributed by atoms with Gasteiger partial charge in [-0.25, -0.2) is 4.79 Å². The van der Waals surface area contributed by atoms with Crippen molar-refractivity contribution in [2.24, 2.45) is 0 Å². The number of nitrogens with zero attached hydrogens (tertiary/aromatic N) is 5. The first-order valence-electron chi connectivity index (χ1n) is 11.2. The second kappa shape index (κ2) is 9.46. The van der Waals surface area contributed by atoms with Gasteiger partial charge in [0, 0.05) is 17.4 Å². The molecular formula is C24H30N6O2. The van der Waals surface area contributed by atoms with Crippen molar-refractivity contribution in [2.45, 2.75) is 70.9 Å². The predicted molar refractivity (Wildman–Crippen MR) is 122 cm³/mol. The number of aromatic amines is 1. The van der Waals surface area contributed by atoms with Crippen LogP contribution in [0.1, 0.15) is 70.1 Å². The molecule has 1 N–H and O–H groups in total. The average Bonchev–Trinajstić information content (AvgIpc) is 3.32. The van der Waals surface area contributed by atoms with Crippen molar-refractivity contribution < 1.29 is 9.53 Å². The molecule has 168 valence electrons. The van der Waals surface area contributed by atoms with Crippen molar-refractivity contribution in [3.05, 3.63) is 53.9 Å². The molecule has 0 radical (unpaired) electrons. The van der Waals surface area contributed by atoms with Crippen molar-refractivity contribution >= 4 is 11.8 Å². The van der Waals surface area contributed by atoms with Gasteiger partial charge in [0.15, 0.2) is 0 Å². The monoisotopic (exact) mass is 434 g/mol. The highest BCUT2D eigenvalue weighted by Crippen LogP contribution is 2.32. The molecule has 32 heavy (non-hydrogen) atoms. The molecule has 8 heteroatoms. The summed E-state index contributed by atoms with van der Waals surface area (Å²) in [7, 11) is 0. The molecule has 1 aliphatic carbocycles. The van der Waals surface area contributed by atoms with Gasteiger partial charge in [-0.3, -0.25) is 9.88 Å². The summed E-state index contributed by atoms with van der Waals surface area (Å²) >= 11 is 0. The van der Waals surface area contributed by atoms with Crippen LogP contribution < -0.4 is 4.90 Å². The number of rotatable bonds is 5. The number of carbonyl (C=O) groups is 1. The highest BCUT2D eigenvalue weighted by Gasteiger charge is 2.24. The van der Waals surface area contributed by atoms with Crippen LogP contribution in [-0.4, -0.2) is 37.3 Å². The standard InChI is InChI=1S/C24H30N6O2/c1-24(2,3)32-23(31)30(21-13-10-18(11-14-21)22-26-28-29-27-22)16-20-12-9-19(15-25-20)17-7-5-4-6-8-17/h9-15,17H,4-8,16H2,1-3H3,(H,26,27,28,29). The Morgan fingerprint density at radius 2 is 1.84 bits per heavy atom. The van der Waals surface area contributed by atoms with Gasteiger partial charge in [-0.1, -0.05) is 25.3 Å². The molecule has 4 rings (SSSR count). The van der Waals surface area contributed by atoms with Gasteiger partial charge >= 0.3 is 6.09 Å². The van der Waals surface area contributed by atoms with Crippen molar-refractivity contribution in [3.8, 4) is 11.4 Å². The van der Waals surface area contributed by atoms with Gasteiger partial charge in [-0.05, 0) is 80.6 Å². The molecule has 2 heterocycles. The van der Waals surface area contributed by atoms with Crippen LogP contribution in [0.5, 0.6) is 0 Å². The van der Waals surface area contributed by atoms with Crippen LogP contribution in [0.15, 0.2) is 42.6 Å². The molecule has 1 saturated carbocycles. The second-order valence-electron chi connectivity index (χ2n) is 9.27. The fourth-order valence-corrected chi connectivity index (χ4v) is 4.02. The van der Waals surface area contributed by atoms with E-state index in [9.17, 15) is 4.79 Å². The Morgan fingerprint density at radius 3 is 2.44 bits per heavy atom. The van der Waals surface area contributed by atoms with E-state index < -0.39 is 11.7 Å². The van der Waals surface area contributed by atoms with Crippen LogP contribution in [-0.2, 0) is 11.3 Å². The summed E-state index contributed by atoms with van der Waals surface area (Å²) in [5.74, 6) is 1.10. The maximum Gasteiger partial charge on any atom is 0.415 e. The van der Waals surface area contributed by atoms with E-state index in [1.165, 1.54) is 37.7 Å². The number of carbonyl (C=O) groups excluding carboxylic acids is 1. The van der Waals surface area contributed by atoms with Crippen LogP contribution in [0.2, 0.25) is 0 Å². The molecule has 2 aromatic heterocycles. The molecule has 8 nitrogen and oxygen atoms in total. The zero-order valence-electron chi connectivity index (χ0n) is 18.9. The number of hydrogen-bond acceptors (Lipinski definition) is 6. The highest BCUT2D eigenvalue weighted by atomic mass is 16.6. The Bertz CT molecular complexity index is 1000. The summed E-state index contributed by atoms with van der Waals surface area (Å²) in [6.45, 7) is 5.90. The Kier molecular flexibility index (Phi) is 6.48. The molecule has 1 amide bonds. The molecule has 0 bridgehead atoms. The van der Waals surface area contributed by atoms with E-state index in [2.05, 4.69) is 31.7 Å². The number of benzene rings is 1. The van der Waals surface area contributed by atoms with Gasteiger partial charge in [-0.15, -0.1) is 10.2 Å². The number of ether oxygens (including phenoxy) is 1. The number of H-pyrrole nitrogens is 1. The Labute approximate surface area is 188 Å². The van der Waals surface area contributed by atoms with Crippen LogP contribution in [0.25, 0.3) is 11.4 Å². The van der Waals surface area contributed by atoms with Crippen LogP contribution in [0.3, 0.4) is 0 Å². The van der Waals surface area contributed by atoms with Gasteiger partial charge in [0.2, 0.25) is 5.82 Å². The fraction of sp³-hybridized carbons (Fsp3) is 0.458. The van der Waals surface area contributed by atoms with Crippen LogP contribution in [0.4, 0.5) is 10.5 Å². The smallest absolute Gasteiger partial charge is 0.415 e. The molecule has 3 aromatic rings. The van der Waals surface area contributed by atoms with E-state index in [1.807, 2.05) is 57.3 Å². The zero-order valence-corrected chi connectivity index (χ0v) is 18.9. The summed E-state index contributed by atoms with van der Waals surface area (Å²) in [5, 5.41) is 14.0. The quantitative estimate of drug-likeness (QED) is 0.589. The number of pyridine rings is 1. The Morgan fingerprint density at radius 1 is 1.09 bits per heavy atom. The van der Waals surface area contributed by atoms with Gasteiger partial charge in [-0.2, -0.15) is 5.21 Å². The molecule has 0 aliphatic heterocycles. The Balaban J connectivity index is 1.54. The summed E-state index contributed by atoms with van der Waals surface area (Å²) < 4.78 is 5.67. The third-order valence-electron chi connectivity index (χ3n) is 5.64. The lowest BCUT2D eigenvalue weighted by Crippen LogP contribution is -2.36. The third kappa shape index (κ3) is 5.49. The number of aromatic nitrogens is 5. The molecule has 1 aliphatic rings. The minimum Gasteiger partial charge on any atom is -0.443 e. The molecule has 1 fully saturated rings. The van der Waals surface area contributed by atoms with Gasteiger partial charge in [0.05, 0.1) is 12.2 Å². The number of anilines is 1. The minimum atomic E-state index is -0.599. The van der Waals surface area contributed by atoms with E-state index in [0.717, 1.165) is 11.3 Å². The summed E-state index contributed by atoms with van der Waals surface area (Å²) in [5.41, 5.74) is 3.03. The van der Waals surface area contributed by atoms with E-state index in [4.69, 9.17) is 4.74 Å². The van der Waals surface area contributed by atoms with E-state index >= 15 is 0 Å². The topological polar surface area (TPSA) is 96.9 Å². The highest BCUT2D eigenvalue weighted by molar-refractivity contribution is 5.88. The van der Waals surface area contributed by atoms with Gasteiger partial charge in [0.1, 0.15) is 5.60 Å². The number of nitrogens with one attached hydrogen (secondary N) is 1. The van der Waals surface area contributed by atoms with Gasteiger partial charge in [0.25, 0.3) is 0 Å². The second-order valence-corrected chi connectivity index (χ2v) is 9.27. The first-order valence-corrected chi connectivity index (χ1v) is 11.2. The van der Waals surface area contributed by atoms with Crippen molar-refractivity contribution in [1.29, 1.82) is 0 Å². The van der Waals surface area contributed by atoms with E-state index in [1.54, 1.807) is 4.90 Å². The molecule has 0 atom stereocenters. The fourth-order valence-electron chi connectivity index (χ4n) is 4.02. The SMILES string of the molecule is CC(C)(C)OC(=O)N(Cc1ccc(C2CCCCC2)cn1)c1ccc(-c2nn[nH]n2)cc1. The first kappa shape index (κ1) is 21.9. The molecule has 0 saturated heterocycles. The van der Waals surface area contributed by atoms with Crippen molar-refractivity contribution in [2.75, 3.05) is 4.90 Å². The van der Waals surface area contributed by atoms with Crippen LogP contribution >= 0.6 is 0 Å². The van der Waals surface area contributed by atoms with Crippen molar-refractivity contribution in [3.63, 3.8) is 0 Å². The zero-order chi connectivity index (χ0) is 22.6. The lowest BCUT2D eigenvalue weighted by Gasteiger charge is -2.27. The maximum absolute atomic E-state index is 13.0. The summed E-state index contributed by atoms with van der Waals surface area (Å²) in [4.78, 5) is 19.3. The molecular weight excluding hydrogens is 404 g/mol. The first-order chi connectivity index (χ1) is 15.4. The molecule has 0 spiro atoms. The lowest BCUT2D eigenvalue weighted by molar-refractivity contribution is 0.0577. The number of hydrogen-bond donors (Lipinski definition) is 1. The van der Waals surface area contributed by atoms with E-state index in [0.29, 0.717) is 24.0 Å². The van der Waals surface area contributed by atoms with Crippen LogP contribution in [0, 0.1) is 0 Å². The molecule has 1 aromatic carbocycles. The summed E-state index contributed by atoms with van der Waals surface area (Å²) in [6, 6.07) is 11.6. The summed E-state index contributed by atoms with van der Waals surface area (Å²) in [6.07, 6.45) is 7.94. The normalized spacial score (nSPS) is 14.8. The average molecular weight is 435 g/mol. The maximum atomic E-state index is 13.0. The largest absolute Gasteiger partial charge is 0.443 e. The predicted octanol–water partition coefficient (Wildman–Crippen LogP) is 5.25. The molecule has 0 unspecified atom stereocenters. The van der Waals surface area contributed by atoms with Crippen molar-refractivity contribution in [1.82, 2.24) is 25.6 Å². The van der Waals surface area contributed by atoms with E-state index in [-0.39, 0.29) is 0 Å².